The normalized spacial score (nSPS) is 16.4. The van der Waals surface area contributed by atoms with E-state index in [9.17, 15) is 9.59 Å². The Labute approximate surface area is 148 Å². The fraction of sp³-hybridized carbons (Fsp3) is 0.611. The van der Waals surface area contributed by atoms with Crippen LogP contribution in [0.15, 0.2) is 18.3 Å². The zero-order chi connectivity index (χ0) is 17.4. The first kappa shape index (κ1) is 18.7. The second kappa shape index (κ2) is 9.62. The van der Waals surface area contributed by atoms with Crippen molar-refractivity contribution in [3.8, 4) is 0 Å². The largest absolute Gasteiger partial charge is 0.453 e. The maximum Gasteiger partial charge on any atom is 0.306 e. The lowest BCUT2D eigenvalue weighted by Gasteiger charge is -2.21. The number of hydrogen-bond donors (Lipinski definition) is 1. The van der Waals surface area contributed by atoms with Crippen molar-refractivity contribution >= 4 is 29.2 Å². The van der Waals surface area contributed by atoms with Crippen molar-refractivity contribution in [2.24, 2.45) is 5.92 Å². The van der Waals surface area contributed by atoms with Crippen LogP contribution in [0.25, 0.3) is 0 Å². The summed E-state index contributed by atoms with van der Waals surface area (Å²) in [5.41, 5.74) is 0.407. The van der Waals surface area contributed by atoms with Crippen molar-refractivity contribution in [3.63, 3.8) is 0 Å². The Morgan fingerprint density at radius 2 is 2.12 bits per heavy atom. The van der Waals surface area contributed by atoms with Crippen molar-refractivity contribution in [1.82, 2.24) is 4.98 Å². The highest BCUT2D eigenvalue weighted by molar-refractivity contribution is 6.32. The van der Waals surface area contributed by atoms with E-state index in [1.165, 1.54) is 38.3 Å². The number of aromatic nitrogens is 1. The number of rotatable bonds is 7. The molecule has 0 aromatic carbocycles. The molecule has 0 saturated heterocycles. The molecule has 1 aromatic heterocycles. The number of anilines is 1. The quantitative estimate of drug-likeness (QED) is 0.585. The summed E-state index contributed by atoms with van der Waals surface area (Å²) in [6, 6.07) is 3.31. The van der Waals surface area contributed by atoms with Gasteiger partial charge in [-0.2, -0.15) is 0 Å². The Hall–Kier alpha value is -1.62. The van der Waals surface area contributed by atoms with Gasteiger partial charge >= 0.3 is 5.97 Å². The minimum absolute atomic E-state index is 0.205. The molecule has 24 heavy (non-hydrogen) atoms. The van der Waals surface area contributed by atoms with Crippen LogP contribution < -0.4 is 5.32 Å². The van der Waals surface area contributed by atoms with Gasteiger partial charge in [-0.05, 0) is 37.8 Å². The van der Waals surface area contributed by atoms with Crippen molar-refractivity contribution in [2.75, 3.05) is 5.32 Å². The Bertz CT molecular complexity index is 559. The lowest BCUT2D eigenvalue weighted by atomic mass is 9.86. The molecule has 0 aliphatic heterocycles. The molecule has 5 nitrogen and oxygen atoms in total. The highest BCUT2D eigenvalue weighted by atomic mass is 35.5. The second-order valence-electron chi connectivity index (χ2n) is 6.36. The number of amides is 1. The molecule has 1 atom stereocenters. The molecule has 2 rings (SSSR count). The first-order chi connectivity index (χ1) is 11.6. The Kier molecular flexibility index (Phi) is 7.50. The van der Waals surface area contributed by atoms with E-state index in [-0.39, 0.29) is 11.1 Å². The zero-order valence-electron chi connectivity index (χ0n) is 14.1. The predicted molar refractivity (Wildman–Crippen MR) is 93.9 cm³/mol. The van der Waals surface area contributed by atoms with Crippen molar-refractivity contribution in [3.05, 3.63) is 23.5 Å². The highest BCUT2D eigenvalue weighted by Gasteiger charge is 2.19. The number of pyridine rings is 1. The van der Waals surface area contributed by atoms with E-state index < -0.39 is 12.0 Å². The van der Waals surface area contributed by atoms with Gasteiger partial charge < -0.3 is 10.1 Å². The summed E-state index contributed by atoms with van der Waals surface area (Å²) in [6.45, 7) is 1.55. The number of hydrogen-bond acceptors (Lipinski definition) is 4. The Morgan fingerprint density at radius 1 is 1.38 bits per heavy atom. The molecule has 6 heteroatoms. The van der Waals surface area contributed by atoms with E-state index in [0.717, 1.165) is 18.8 Å². The third-order valence-electron chi connectivity index (χ3n) is 4.41. The molecule has 1 aromatic rings. The lowest BCUT2D eigenvalue weighted by molar-refractivity contribution is -0.153. The molecule has 0 unspecified atom stereocenters. The molecular weight excluding hydrogens is 328 g/mol. The molecule has 1 heterocycles. The number of nitrogens with one attached hydrogen (secondary N) is 1. The van der Waals surface area contributed by atoms with Crippen molar-refractivity contribution < 1.29 is 14.3 Å². The third kappa shape index (κ3) is 6.11. The number of ether oxygens (including phenoxy) is 1. The summed E-state index contributed by atoms with van der Waals surface area (Å²) in [5, 5.41) is 2.82. The summed E-state index contributed by atoms with van der Waals surface area (Å²) >= 11 is 5.89. The second-order valence-corrected chi connectivity index (χ2v) is 6.72. The van der Waals surface area contributed by atoms with Crippen LogP contribution in [0.2, 0.25) is 5.15 Å². The van der Waals surface area contributed by atoms with Crippen molar-refractivity contribution in [2.45, 2.75) is 64.4 Å². The van der Waals surface area contributed by atoms with Crippen LogP contribution in [-0.4, -0.2) is 23.0 Å². The molecule has 1 amide bonds. The van der Waals surface area contributed by atoms with Crippen LogP contribution in [0.4, 0.5) is 5.69 Å². The van der Waals surface area contributed by atoms with Gasteiger partial charge in [0, 0.05) is 12.6 Å². The van der Waals surface area contributed by atoms with Gasteiger partial charge in [-0.1, -0.05) is 43.7 Å². The smallest absolute Gasteiger partial charge is 0.306 e. The Balaban J connectivity index is 1.68. The standard InChI is InChI=1S/C18H25ClN2O3/c1-13(18(23)21-15-10-6-12-20-17(15)19)24-16(22)11-5-9-14-7-3-2-4-8-14/h6,10,12-14H,2-5,7-9,11H2,1H3,(H,21,23)/t13-/m0/s1. The number of nitrogens with zero attached hydrogens (tertiary/aromatic N) is 1. The molecule has 1 saturated carbocycles. The van der Waals surface area contributed by atoms with Gasteiger partial charge in [-0.25, -0.2) is 4.98 Å². The van der Waals surface area contributed by atoms with Gasteiger partial charge in [0.15, 0.2) is 11.3 Å². The van der Waals surface area contributed by atoms with Crippen LogP contribution in [0.5, 0.6) is 0 Å². The van der Waals surface area contributed by atoms with Gasteiger partial charge in [0.25, 0.3) is 5.91 Å². The van der Waals surface area contributed by atoms with E-state index >= 15 is 0 Å². The molecular formula is C18H25ClN2O3. The SMILES string of the molecule is C[C@H](OC(=O)CCCC1CCCCC1)C(=O)Nc1cccnc1Cl. The highest BCUT2D eigenvalue weighted by Crippen LogP contribution is 2.27. The first-order valence-corrected chi connectivity index (χ1v) is 9.05. The number of esters is 1. The van der Waals surface area contributed by atoms with E-state index in [1.807, 2.05) is 0 Å². The molecule has 1 N–H and O–H groups in total. The summed E-state index contributed by atoms with van der Waals surface area (Å²) in [6.07, 6.45) is 9.45. The number of halogens is 1. The van der Waals surface area contributed by atoms with Crippen molar-refractivity contribution in [1.29, 1.82) is 0 Å². The van der Waals surface area contributed by atoms with Crippen LogP contribution in [-0.2, 0) is 14.3 Å². The van der Waals surface area contributed by atoms with Crippen LogP contribution >= 0.6 is 11.6 Å². The maximum atomic E-state index is 12.0. The van der Waals surface area contributed by atoms with Gasteiger partial charge in [0.1, 0.15) is 0 Å². The average Bonchev–Trinajstić information content (AvgIpc) is 2.57. The zero-order valence-corrected chi connectivity index (χ0v) is 14.8. The minimum Gasteiger partial charge on any atom is -0.453 e. The van der Waals surface area contributed by atoms with Gasteiger partial charge in [0.05, 0.1) is 5.69 Å². The minimum atomic E-state index is -0.858. The van der Waals surface area contributed by atoms with E-state index in [2.05, 4.69) is 10.3 Å². The monoisotopic (exact) mass is 352 g/mol. The fourth-order valence-electron chi connectivity index (χ4n) is 3.03. The number of carbonyl (C=O) groups is 2. The molecule has 132 valence electrons. The van der Waals surface area contributed by atoms with Crippen LogP contribution in [0, 0.1) is 5.92 Å². The summed E-state index contributed by atoms with van der Waals surface area (Å²) in [7, 11) is 0. The Morgan fingerprint density at radius 3 is 2.83 bits per heavy atom. The molecule has 1 fully saturated rings. The summed E-state index contributed by atoms with van der Waals surface area (Å²) in [4.78, 5) is 27.8. The predicted octanol–water partition coefficient (Wildman–Crippen LogP) is 4.36. The topological polar surface area (TPSA) is 68.3 Å². The maximum absolute atomic E-state index is 12.0. The van der Waals surface area contributed by atoms with E-state index in [4.69, 9.17) is 16.3 Å². The molecule has 1 aliphatic rings. The van der Waals surface area contributed by atoms with E-state index in [0.29, 0.717) is 12.1 Å². The third-order valence-corrected chi connectivity index (χ3v) is 4.71. The van der Waals surface area contributed by atoms with Gasteiger partial charge in [-0.15, -0.1) is 0 Å². The lowest BCUT2D eigenvalue weighted by Crippen LogP contribution is -2.30. The summed E-state index contributed by atoms with van der Waals surface area (Å²) in [5.74, 6) is 0.0104. The molecule has 0 spiro atoms. The first-order valence-electron chi connectivity index (χ1n) is 8.67. The molecule has 1 aliphatic carbocycles. The van der Waals surface area contributed by atoms with Gasteiger partial charge in [-0.3, -0.25) is 9.59 Å². The summed E-state index contributed by atoms with van der Waals surface area (Å²) < 4.78 is 5.20. The van der Waals surface area contributed by atoms with Gasteiger partial charge in [0.2, 0.25) is 0 Å². The average molecular weight is 353 g/mol. The van der Waals surface area contributed by atoms with E-state index in [1.54, 1.807) is 19.1 Å². The molecule has 0 radical (unpaired) electrons. The van der Waals surface area contributed by atoms with Crippen LogP contribution in [0.1, 0.15) is 58.3 Å². The molecule has 0 bridgehead atoms. The fourth-order valence-corrected chi connectivity index (χ4v) is 3.20. The van der Waals surface area contributed by atoms with Crippen LogP contribution in [0.3, 0.4) is 0 Å². The number of carbonyl (C=O) groups excluding carboxylic acids is 2.